The van der Waals surface area contributed by atoms with Crippen LogP contribution in [0.3, 0.4) is 0 Å². The van der Waals surface area contributed by atoms with E-state index in [4.69, 9.17) is 0 Å². The summed E-state index contributed by atoms with van der Waals surface area (Å²) in [6, 6.07) is 13.1. The van der Waals surface area contributed by atoms with Crippen molar-refractivity contribution in [2.24, 2.45) is 0 Å². The monoisotopic (exact) mass is 357 g/mol. The molecule has 0 bridgehead atoms. The molecule has 0 spiro atoms. The summed E-state index contributed by atoms with van der Waals surface area (Å²) >= 11 is 4.24. The molecular formula is C14H16INS. The van der Waals surface area contributed by atoms with Crippen LogP contribution in [0.1, 0.15) is 18.2 Å². The molecule has 1 aromatic heterocycles. The lowest BCUT2D eigenvalue weighted by Crippen LogP contribution is -2.12. The third-order valence-electron chi connectivity index (χ3n) is 2.50. The summed E-state index contributed by atoms with van der Waals surface area (Å²) in [5.74, 6) is 0. The Morgan fingerprint density at radius 3 is 2.88 bits per heavy atom. The Morgan fingerprint density at radius 1 is 1.24 bits per heavy atom. The zero-order chi connectivity index (χ0) is 12.1. The first-order valence-electron chi connectivity index (χ1n) is 5.85. The Hall–Kier alpha value is -0.390. The molecule has 0 aliphatic rings. The van der Waals surface area contributed by atoms with Crippen molar-refractivity contribution in [1.29, 1.82) is 0 Å². The van der Waals surface area contributed by atoms with Crippen LogP contribution in [0, 0.1) is 3.57 Å². The third-order valence-corrected chi connectivity index (χ3v) is 4.30. The molecule has 1 aromatic carbocycles. The topological polar surface area (TPSA) is 12.0 Å². The number of hydrogen-bond donors (Lipinski definition) is 1. The highest BCUT2D eigenvalue weighted by Crippen LogP contribution is 2.28. The van der Waals surface area contributed by atoms with Gasteiger partial charge in [0.25, 0.3) is 0 Å². The second kappa shape index (κ2) is 6.52. The molecule has 0 saturated heterocycles. The van der Waals surface area contributed by atoms with Gasteiger partial charge in [0.05, 0.1) is 0 Å². The van der Waals surface area contributed by atoms with Crippen molar-refractivity contribution in [3.8, 4) is 10.4 Å². The number of rotatable bonds is 5. The van der Waals surface area contributed by atoms with Crippen molar-refractivity contribution in [2.45, 2.75) is 19.9 Å². The molecule has 1 heterocycles. The molecule has 90 valence electrons. The lowest BCUT2D eigenvalue weighted by atomic mass is 10.2. The SMILES string of the molecule is CCCNCc1ccc(-c2cccc(I)c2)s1. The maximum Gasteiger partial charge on any atom is 0.0346 e. The Kier molecular flexibility index (Phi) is 5.00. The molecule has 3 heteroatoms. The molecule has 0 amide bonds. The summed E-state index contributed by atoms with van der Waals surface area (Å²) in [7, 11) is 0. The third kappa shape index (κ3) is 3.79. The van der Waals surface area contributed by atoms with Crippen LogP contribution in [-0.2, 0) is 6.54 Å². The summed E-state index contributed by atoms with van der Waals surface area (Å²) in [4.78, 5) is 2.77. The molecule has 0 saturated carbocycles. The Morgan fingerprint density at radius 2 is 2.12 bits per heavy atom. The lowest BCUT2D eigenvalue weighted by molar-refractivity contribution is 0.681. The van der Waals surface area contributed by atoms with Crippen LogP contribution < -0.4 is 5.32 Å². The van der Waals surface area contributed by atoms with E-state index in [9.17, 15) is 0 Å². The summed E-state index contributed by atoms with van der Waals surface area (Å²) in [6.07, 6.45) is 1.19. The van der Waals surface area contributed by atoms with Crippen LogP contribution in [0.4, 0.5) is 0 Å². The van der Waals surface area contributed by atoms with Crippen molar-refractivity contribution in [2.75, 3.05) is 6.54 Å². The molecule has 0 aliphatic heterocycles. The molecule has 17 heavy (non-hydrogen) atoms. The fraction of sp³-hybridized carbons (Fsp3) is 0.286. The van der Waals surface area contributed by atoms with E-state index in [1.54, 1.807) is 0 Å². The number of hydrogen-bond acceptors (Lipinski definition) is 2. The van der Waals surface area contributed by atoms with E-state index in [1.165, 1.54) is 25.3 Å². The predicted molar refractivity (Wildman–Crippen MR) is 84.5 cm³/mol. The van der Waals surface area contributed by atoms with Crippen LogP contribution >= 0.6 is 33.9 Å². The van der Waals surface area contributed by atoms with Gasteiger partial charge in [0.1, 0.15) is 0 Å². The zero-order valence-electron chi connectivity index (χ0n) is 9.87. The molecule has 0 radical (unpaired) electrons. The van der Waals surface area contributed by atoms with E-state index in [-0.39, 0.29) is 0 Å². The maximum atomic E-state index is 3.44. The minimum absolute atomic E-state index is 0.989. The average Bonchev–Trinajstić information content (AvgIpc) is 2.78. The van der Waals surface area contributed by atoms with E-state index < -0.39 is 0 Å². The van der Waals surface area contributed by atoms with Gasteiger partial charge < -0.3 is 5.32 Å². The van der Waals surface area contributed by atoms with Gasteiger partial charge in [-0.3, -0.25) is 0 Å². The smallest absolute Gasteiger partial charge is 0.0346 e. The molecule has 0 fully saturated rings. The Balaban J connectivity index is 2.07. The minimum Gasteiger partial charge on any atom is -0.312 e. The molecule has 1 nitrogen and oxygen atoms in total. The largest absolute Gasteiger partial charge is 0.312 e. The number of thiophene rings is 1. The van der Waals surface area contributed by atoms with Crippen LogP contribution in [0.2, 0.25) is 0 Å². The molecule has 1 N–H and O–H groups in total. The van der Waals surface area contributed by atoms with Gasteiger partial charge >= 0.3 is 0 Å². The standard InChI is InChI=1S/C14H16INS/c1-2-8-16-10-13-6-7-14(17-13)11-4-3-5-12(15)9-11/h3-7,9,16H,2,8,10H2,1H3. The molecule has 2 rings (SSSR count). The van der Waals surface area contributed by atoms with Crippen molar-refractivity contribution in [3.05, 3.63) is 44.8 Å². The van der Waals surface area contributed by atoms with Crippen molar-refractivity contribution in [3.63, 3.8) is 0 Å². The van der Waals surface area contributed by atoms with E-state index in [0.717, 1.165) is 13.1 Å². The Bertz CT molecular complexity index is 479. The van der Waals surface area contributed by atoms with Crippen molar-refractivity contribution in [1.82, 2.24) is 5.32 Å². The van der Waals surface area contributed by atoms with Gasteiger partial charge in [0.2, 0.25) is 0 Å². The first-order valence-corrected chi connectivity index (χ1v) is 7.74. The molecular weight excluding hydrogens is 341 g/mol. The predicted octanol–water partition coefficient (Wildman–Crippen LogP) is 4.52. The highest BCUT2D eigenvalue weighted by molar-refractivity contribution is 14.1. The second-order valence-corrected chi connectivity index (χ2v) is 6.37. The molecule has 0 unspecified atom stereocenters. The summed E-state index contributed by atoms with van der Waals surface area (Å²) in [5, 5.41) is 3.44. The van der Waals surface area contributed by atoms with Gasteiger partial charge in [0, 0.05) is 19.9 Å². The van der Waals surface area contributed by atoms with E-state index in [2.05, 4.69) is 71.2 Å². The normalized spacial score (nSPS) is 10.7. The summed E-state index contributed by atoms with van der Waals surface area (Å²) in [5.41, 5.74) is 1.32. The van der Waals surface area contributed by atoms with E-state index in [1.807, 2.05) is 11.3 Å². The highest BCUT2D eigenvalue weighted by Gasteiger charge is 2.02. The number of halogens is 1. The fourth-order valence-corrected chi connectivity index (χ4v) is 3.17. The van der Waals surface area contributed by atoms with Gasteiger partial charge in [-0.05, 0) is 65.4 Å². The minimum atomic E-state index is 0.989. The quantitative estimate of drug-likeness (QED) is 0.613. The number of benzene rings is 1. The maximum absolute atomic E-state index is 3.44. The van der Waals surface area contributed by atoms with Gasteiger partial charge in [-0.25, -0.2) is 0 Å². The van der Waals surface area contributed by atoms with Gasteiger partial charge in [0.15, 0.2) is 0 Å². The van der Waals surface area contributed by atoms with Crippen molar-refractivity contribution >= 4 is 33.9 Å². The first kappa shape index (κ1) is 13.1. The first-order chi connectivity index (χ1) is 8.29. The highest BCUT2D eigenvalue weighted by atomic mass is 127. The van der Waals surface area contributed by atoms with Crippen LogP contribution in [0.15, 0.2) is 36.4 Å². The Labute approximate surface area is 120 Å². The molecule has 2 aromatic rings. The summed E-state index contributed by atoms with van der Waals surface area (Å²) < 4.78 is 1.29. The second-order valence-electron chi connectivity index (χ2n) is 3.95. The number of nitrogens with one attached hydrogen (secondary N) is 1. The lowest BCUT2D eigenvalue weighted by Gasteiger charge is -2.00. The molecule has 0 atom stereocenters. The van der Waals surface area contributed by atoms with Crippen LogP contribution in [0.25, 0.3) is 10.4 Å². The van der Waals surface area contributed by atoms with Crippen LogP contribution in [-0.4, -0.2) is 6.54 Å². The summed E-state index contributed by atoms with van der Waals surface area (Å²) in [6.45, 7) is 4.28. The van der Waals surface area contributed by atoms with Gasteiger partial charge in [-0.15, -0.1) is 11.3 Å². The van der Waals surface area contributed by atoms with E-state index >= 15 is 0 Å². The average molecular weight is 357 g/mol. The van der Waals surface area contributed by atoms with E-state index in [0.29, 0.717) is 0 Å². The van der Waals surface area contributed by atoms with Crippen LogP contribution in [0.5, 0.6) is 0 Å². The van der Waals surface area contributed by atoms with Gasteiger partial charge in [-0.2, -0.15) is 0 Å². The fourth-order valence-electron chi connectivity index (χ4n) is 1.66. The van der Waals surface area contributed by atoms with Gasteiger partial charge in [-0.1, -0.05) is 19.1 Å². The molecule has 0 aliphatic carbocycles. The zero-order valence-corrected chi connectivity index (χ0v) is 12.8. The van der Waals surface area contributed by atoms with Crippen molar-refractivity contribution < 1.29 is 0 Å².